The fourth-order valence-corrected chi connectivity index (χ4v) is 6.33. The van der Waals surface area contributed by atoms with Crippen molar-refractivity contribution in [1.82, 2.24) is 4.90 Å². The van der Waals surface area contributed by atoms with Crippen molar-refractivity contribution >= 4 is 32.9 Å². The van der Waals surface area contributed by atoms with Crippen LogP contribution in [0.25, 0.3) is 21.6 Å². The first-order valence-electron chi connectivity index (χ1n) is 9.78. The van der Waals surface area contributed by atoms with Crippen molar-refractivity contribution in [2.75, 3.05) is 13.1 Å². The lowest BCUT2D eigenvalue weighted by Gasteiger charge is -2.22. The topological polar surface area (TPSA) is 23.5 Å². The number of hydrogen-bond donors (Lipinski definition) is 1. The summed E-state index contributed by atoms with van der Waals surface area (Å²) in [6.07, 6.45) is 2.22. The molecule has 28 heavy (non-hydrogen) atoms. The van der Waals surface area contributed by atoms with E-state index in [4.69, 9.17) is 12.2 Å². The zero-order chi connectivity index (χ0) is 20.1. The highest BCUT2D eigenvalue weighted by Crippen LogP contribution is 2.42. The second kappa shape index (κ2) is 9.79. The normalized spacial score (nSPS) is 11.3. The van der Waals surface area contributed by atoms with Gasteiger partial charge in [-0.15, -0.1) is 0 Å². The molecule has 0 aliphatic rings. The van der Waals surface area contributed by atoms with E-state index in [1.165, 1.54) is 16.0 Å². The van der Waals surface area contributed by atoms with Crippen molar-refractivity contribution in [1.29, 1.82) is 0 Å². The number of aryl methyl sites for hydroxylation is 1. The third kappa shape index (κ3) is 4.90. The van der Waals surface area contributed by atoms with E-state index in [1.807, 2.05) is 12.1 Å². The Labute approximate surface area is 180 Å². The number of aromatic hydroxyl groups is 1. The van der Waals surface area contributed by atoms with E-state index in [0.717, 1.165) is 53.0 Å². The molecule has 0 bridgehead atoms. The summed E-state index contributed by atoms with van der Waals surface area (Å²) in [4.78, 5) is 3.62. The van der Waals surface area contributed by atoms with E-state index in [-0.39, 0.29) is 0 Å². The smallest absolute Gasteiger partial charge is 0.120 e. The number of nitrogens with zero attached hydrogens (tertiary/aromatic N) is 1. The highest BCUT2D eigenvalue weighted by molar-refractivity contribution is 7.80. The first-order chi connectivity index (χ1) is 13.5. The maximum absolute atomic E-state index is 10.5. The molecule has 0 saturated carbocycles. The van der Waals surface area contributed by atoms with E-state index in [9.17, 15) is 5.11 Å². The summed E-state index contributed by atoms with van der Waals surface area (Å²) in [5, 5.41) is 10.5. The van der Waals surface area contributed by atoms with E-state index >= 15 is 0 Å². The molecule has 0 radical (unpaired) electrons. The SMILES string of the molecule is CCCN(CCC)Cc1cc(-c2c(-c3ccc(C)cc3)ssc2=S)ccc1O. The summed E-state index contributed by atoms with van der Waals surface area (Å²) >= 11 is 5.68. The number of phenols is 1. The first-order valence-corrected chi connectivity index (χ1v) is 12.3. The highest BCUT2D eigenvalue weighted by atomic mass is 32.9. The molecule has 3 aromatic rings. The van der Waals surface area contributed by atoms with Crippen molar-refractivity contribution in [2.24, 2.45) is 0 Å². The number of phenolic OH excluding ortho intramolecular Hbond substituents is 1. The molecule has 5 heteroatoms. The van der Waals surface area contributed by atoms with Gasteiger partial charge in [-0.3, -0.25) is 4.90 Å². The Balaban J connectivity index is 2.00. The summed E-state index contributed by atoms with van der Waals surface area (Å²) in [6.45, 7) is 9.34. The second-order valence-corrected chi connectivity index (χ2v) is 9.96. The first kappa shape index (κ1) is 21.2. The van der Waals surface area contributed by atoms with E-state index in [0.29, 0.717) is 5.75 Å². The molecule has 1 N–H and O–H groups in total. The van der Waals surface area contributed by atoms with Gasteiger partial charge in [0.1, 0.15) is 9.57 Å². The Morgan fingerprint density at radius 3 is 2.21 bits per heavy atom. The van der Waals surface area contributed by atoms with Gasteiger partial charge in [-0.25, -0.2) is 0 Å². The molecule has 0 aliphatic heterocycles. The second-order valence-electron chi connectivity index (χ2n) is 7.14. The lowest BCUT2D eigenvalue weighted by Crippen LogP contribution is -2.24. The molecule has 0 unspecified atom stereocenters. The van der Waals surface area contributed by atoms with Crippen molar-refractivity contribution < 1.29 is 5.11 Å². The lowest BCUT2D eigenvalue weighted by atomic mass is 10.0. The number of rotatable bonds is 8. The van der Waals surface area contributed by atoms with Gasteiger partial charge in [0.2, 0.25) is 0 Å². The Morgan fingerprint density at radius 1 is 0.929 bits per heavy atom. The third-order valence-corrected chi connectivity index (χ3v) is 7.85. The summed E-state index contributed by atoms with van der Waals surface area (Å²) in [5.74, 6) is 0.364. The van der Waals surface area contributed by atoms with Crippen LogP contribution in [0.3, 0.4) is 0 Å². The van der Waals surface area contributed by atoms with Crippen LogP contribution < -0.4 is 0 Å². The lowest BCUT2D eigenvalue weighted by molar-refractivity contribution is 0.263. The van der Waals surface area contributed by atoms with Crippen LogP contribution in [0.2, 0.25) is 0 Å². The standard InChI is InChI=1S/C23H27NOS3/c1-4-12-24(13-5-2)15-19-14-18(10-11-20(19)25)21-22(27-28-23(21)26)17-8-6-16(3)7-9-17/h6-11,14,25H,4-5,12-13,15H2,1-3H3. The van der Waals surface area contributed by atoms with Crippen LogP contribution in [0.4, 0.5) is 0 Å². The number of benzene rings is 2. The van der Waals surface area contributed by atoms with Gasteiger partial charge in [-0.1, -0.05) is 82.6 Å². The van der Waals surface area contributed by atoms with Crippen LogP contribution in [0, 0.1) is 10.7 Å². The van der Waals surface area contributed by atoms with Crippen molar-refractivity contribution in [2.45, 2.75) is 40.2 Å². The molecule has 0 atom stereocenters. The van der Waals surface area contributed by atoms with Crippen LogP contribution in [0.1, 0.15) is 37.8 Å². The quantitative estimate of drug-likeness (QED) is 0.296. The minimum Gasteiger partial charge on any atom is -0.508 e. The minimum atomic E-state index is 0.364. The molecule has 2 nitrogen and oxygen atoms in total. The van der Waals surface area contributed by atoms with Crippen LogP contribution in [-0.4, -0.2) is 23.1 Å². The molecule has 1 heterocycles. The maximum atomic E-state index is 10.5. The largest absolute Gasteiger partial charge is 0.508 e. The van der Waals surface area contributed by atoms with Crippen molar-refractivity contribution in [3.63, 3.8) is 0 Å². The van der Waals surface area contributed by atoms with Crippen molar-refractivity contribution in [3.05, 3.63) is 57.4 Å². The van der Waals surface area contributed by atoms with Gasteiger partial charge in [-0.05, 0) is 56.1 Å². The molecule has 148 valence electrons. The van der Waals surface area contributed by atoms with Crippen LogP contribution in [0.5, 0.6) is 5.75 Å². The molecule has 1 aromatic heterocycles. The van der Waals surface area contributed by atoms with Crippen LogP contribution in [-0.2, 0) is 6.54 Å². The summed E-state index contributed by atoms with van der Waals surface area (Å²) in [5.41, 5.74) is 5.64. The minimum absolute atomic E-state index is 0.364. The molecular weight excluding hydrogens is 402 g/mol. The van der Waals surface area contributed by atoms with Gasteiger partial charge in [0.25, 0.3) is 0 Å². The van der Waals surface area contributed by atoms with Crippen LogP contribution >= 0.6 is 32.9 Å². The monoisotopic (exact) mass is 429 g/mol. The van der Waals surface area contributed by atoms with Crippen LogP contribution in [0.15, 0.2) is 42.5 Å². The summed E-state index contributed by atoms with van der Waals surface area (Å²) < 4.78 is 0.913. The predicted molar refractivity (Wildman–Crippen MR) is 126 cm³/mol. The van der Waals surface area contributed by atoms with Gasteiger partial charge < -0.3 is 5.11 Å². The van der Waals surface area contributed by atoms with E-state index < -0.39 is 0 Å². The summed E-state index contributed by atoms with van der Waals surface area (Å²) in [7, 11) is 3.38. The zero-order valence-electron chi connectivity index (χ0n) is 16.7. The fraction of sp³-hybridized carbons (Fsp3) is 0.348. The van der Waals surface area contributed by atoms with Gasteiger partial charge >= 0.3 is 0 Å². The van der Waals surface area contributed by atoms with Crippen molar-refractivity contribution in [3.8, 4) is 27.3 Å². The van der Waals surface area contributed by atoms with Gasteiger partial charge in [0, 0.05) is 17.7 Å². The summed E-state index contributed by atoms with van der Waals surface area (Å²) in [6, 6.07) is 14.5. The van der Waals surface area contributed by atoms with E-state index in [2.05, 4.69) is 56.0 Å². The molecule has 2 aromatic carbocycles. The highest BCUT2D eigenvalue weighted by Gasteiger charge is 2.15. The predicted octanol–water partition coefficient (Wildman–Crippen LogP) is 7.51. The van der Waals surface area contributed by atoms with E-state index in [1.54, 1.807) is 20.7 Å². The molecule has 0 fully saturated rings. The molecule has 0 amide bonds. The van der Waals surface area contributed by atoms with Gasteiger partial charge in [-0.2, -0.15) is 0 Å². The van der Waals surface area contributed by atoms with Gasteiger partial charge in [0.05, 0.1) is 4.88 Å². The third-order valence-electron chi connectivity index (χ3n) is 4.79. The number of hydrogen-bond acceptors (Lipinski definition) is 5. The zero-order valence-corrected chi connectivity index (χ0v) is 19.1. The average Bonchev–Trinajstić information content (AvgIpc) is 3.06. The average molecular weight is 430 g/mol. The molecule has 0 saturated heterocycles. The Hall–Kier alpha value is -1.53. The molecule has 0 spiro atoms. The van der Waals surface area contributed by atoms with Gasteiger partial charge in [0.15, 0.2) is 0 Å². The fourth-order valence-electron chi connectivity index (χ4n) is 3.41. The maximum Gasteiger partial charge on any atom is 0.120 e. The Kier molecular flexibility index (Phi) is 7.41. The Morgan fingerprint density at radius 2 is 1.57 bits per heavy atom. The molecular formula is C23H27NOS3. The molecule has 3 rings (SSSR count). The Bertz CT molecular complexity index is 966. The molecule has 0 aliphatic carbocycles.